The SMILES string of the molecule is CC1CN(C(C)CO)C(=O)c2cccc(NS(=O)(=O)c3ccc(Cl)cc3)c2OC1CN(C)CC1CCCCC1. The molecular weight excluding hydrogens is 538 g/mol. The number of aliphatic hydroxyl groups is 1. The Hall–Kier alpha value is -2.33. The molecule has 3 unspecified atom stereocenters. The van der Waals surface area contributed by atoms with E-state index in [-0.39, 0.29) is 46.4 Å². The van der Waals surface area contributed by atoms with E-state index in [9.17, 15) is 18.3 Å². The lowest BCUT2D eigenvalue weighted by atomic mass is 9.89. The molecule has 1 aliphatic carbocycles. The fraction of sp³-hybridized carbons (Fsp3) is 0.552. The summed E-state index contributed by atoms with van der Waals surface area (Å²) in [5.41, 5.74) is 0.458. The zero-order chi connectivity index (χ0) is 28.2. The predicted molar refractivity (Wildman–Crippen MR) is 154 cm³/mol. The molecule has 1 heterocycles. The molecule has 3 atom stereocenters. The molecule has 0 spiro atoms. The summed E-state index contributed by atoms with van der Waals surface area (Å²) < 4.78 is 35.7. The van der Waals surface area contributed by atoms with Crippen molar-refractivity contribution in [2.24, 2.45) is 11.8 Å². The molecule has 1 saturated carbocycles. The van der Waals surface area contributed by atoms with Gasteiger partial charge in [-0.25, -0.2) is 8.42 Å². The number of nitrogens with zero attached hydrogens (tertiary/aromatic N) is 2. The first kappa shape index (κ1) is 29.6. The third kappa shape index (κ3) is 7.25. The van der Waals surface area contributed by atoms with E-state index in [0.29, 0.717) is 24.0 Å². The average Bonchev–Trinajstić information content (AvgIpc) is 2.91. The van der Waals surface area contributed by atoms with E-state index in [4.69, 9.17) is 16.3 Å². The monoisotopic (exact) mass is 577 g/mol. The van der Waals surface area contributed by atoms with E-state index in [0.717, 1.165) is 6.54 Å². The molecule has 2 aromatic carbocycles. The first-order chi connectivity index (χ1) is 18.6. The minimum atomic E-state index is -3.97. The van der Waals surface area contributed by atoms with E-state index in [1.165, 1.54) is 56.4 Å². The number of sulfonamides is 1. The molecule has 1 amide bonds. The number of carbonyl (C=O) groups excluding carboxylic acids is 1. The number of carbonyl (C=O) groups is 1. The molecule has 0 saturated heterocycles. The van der Waals surface area contributed by atoms with Crippen LogP contribution in [0.5, 0.6) is 5.75 Å². The van der Waals surface area contributed by atoms with Gasteiger partial charge in [0.05, 0.1) is 28.8 Å². The molecule has 0 aromatic heterocycles. The lowest BCUT2D eigenvalue weighted by molar-refractivity contribution is 0.0333. The van der Waals surface area contributed by atoms with E-state index in [1.807, 2.05) is 13.8 Å². The number of hydrogen-bond donors (Lipinski definition) is 2. The Balaban J connectivity index is 1.68. The molecule has 39 heavy (non-hydrogen) atoms. The topological polar surface area (TPSA) is 99.2 Å². The maximum atomic E-state index is 13.7. The first-order valence-electron chi connectivity index (χ1n) is 13.8. The Bertz CT molecular complexity index is 1230. The van der Waals surface area contributed by atoms with Gasteiger partial charge in [-0.05, 0) is 69.1 Å². The van der Waals surface area contributed by atoms with Crippen molar-refractivity contribution in [3.05, 3.63) is 53.1 Å². The summed E-state index contributed by atoms with van der Waals surface area (Å²) in [4.78, 5) is 17.7. The standard InChI is InChI=1S/C29H40ClN3O5S/c1-20-16-33(21(2)19-34)29(35)25-10-7-11-26(31-39(36,37)24-14-12-23(30)13-15-24)28(25)38-27(20)18-32(3)17-22-8-5-4-6-9-22/h7,10-15,20-22,27,31,34H,4-6,8-9,16-19H2,1-3H3. The molecule has 2 aromatic rings. The maximum Gasteiger partial charge on any atom is 0.262 e. The van der Waals surface area contributed by atoms with Crippen LogP contribution in [0.15, 0.2) is 47.4 Å². The minimum absolute atomic E-state index is 0.0503. The van der Waals surface area contributed by atoms with Crippen LogP contribution in [-0.2, 0) is 10.0 Å². The molecule has 1 aliphatic heterocycles. The Morgan fingerprint density at radius 1 is 1.13 bits per heavy atom. The third-order valence-electron chi connectivity index (χ3n) is 7.85. The van der Waals surface area contributed by atoms with Crippen LogP contribution in [0.2, 0.25) is 5.02 Å². The third-order valence-corrected chi connectivity index (χ3v) is 9.48. The normalized spacial score (nSPS) is 21.6. The number of benzene rings is 2. The maximum absolute atomic E-state index is 13.7. The largest absolute Gasteiger partial charge is 0.486 e. The van der Waals surface area contributed by atoms with Crippen molar-refractivity contribution in [1.29, 1.82) is 0 Å². The summed E-state index contributed by atoms with van der Waals surface area (Å²) >= 11 is 5.95. The zero-order valence-electron chi connectivity index (χ0n) is 23.0. The highest BCUT2D eigenvalue weighted by molar-refractivity contribution is 7.92. The minimum Gasteiger partial charge on any atom is -0.486 e. The second-order valence-corrected chi connectivity index (χ2v) is 13.2. The number of para-hydroxylation sites is 1. The lowest BCUT2D eigenvalue weighted by Gasteiger charge is -2.39. The summed E-state index contributed by atoms with van der Waals surface area (Å²) in [6, 6.07) is 10.4. The van der Waals surface area contributed by atoms with Gasteiger partial charge in [0.15, 0.2) is 5.75 Å². The number of hydrogen-bond acceptors (Lipinski definition) is 6. The number of ether oxygens (including phenoxy) is 1. The summed E-state index contributed by atoms with van der Waals surface area (Å²) in [6.45, 7) is 5.69. The van der Waals surface area contributed by atoms with Gasteiger partial charge >= 0.3 is 0 Å². The van der Waals surface area contributed by atoms with E-state index in [2.05, 4.69) is 16.7 Å². The highest BCUT2D eigenvalue weighted by Crippen LogP contribution is 2.36. The smallest absolute Gasteiger partial charge is 0.262 e. The van der Waals surface area contributed by atoms with Gasteiger partial charge in [0.1, 0.15) is 6.10 Å². The fourth-order valence-corrected chi connectivity index (χ4v) is 6.74. The van der Waals surface area contributed by atoms with Crippen molar-refractivity contribution < 1.29 is 23.1 Å². The number of nitrogens with one attached hydrogen (secondary N) is 1. The van der Waals surface area contributed by atoms with Crippen LogP contribution in [0.1, 0.15) is 56.3 Å². The zero-order valence-corrected chi connectivity index (χ0v) is 24.5. The van der Waals surface area contributed by atoms with Crippen molar-refractivity contribution >= 4 is 33.2 Å². The fourth-order valence-electron chi connectivity index (χ4n) is 5.55. The number of likely N-dealkylation sites (N-methyl/N-ethyl adjacent to an activating group) is 1. The van der Waals surface area contributed by atoms with Crippen molar-refractivity contribution in [3.8, 4) is 5.75 Å². The van der Waals surface area contributed by atoms with Gasteiger partial charge in [-0.2, -0.15) is 0 Å². The second kappa shape index (κ2) is 12.9. The summed E-state index contributed by atoms with van der Waals surface area (Å²) in [7, 11) is -1.88. The van der Waals surface area contributed by atoms with Crippen molar-refractivity contribution in [1.82, 2.24) is 9.80 Å². The van der Waals surface area contributed by atoms with Crippen molar-refractivity contribution in [3.63, 3.8) is 0 Å². The molecule has 0 radical (unpaired) electrons. The molecule has 10 heteroatoms. The molecule has 0 bridgehead atoms. The Labute approximate surface area is 237 Å². The van der Waals surface area contributed by atoms with E-state index < -0.39 is 16.1 Å². The molecule has 214 valence electrons. The molecule has 1 fully saturated rings. The van der Waals surface area contributed by atoms with Gasteiger partial charge in [0, 0.05) is 30.6 Å². The number of anilines is 1. The van der Waals surface area contributed by atoms with Crippen LogP contribution in [-0.4, -0.2) is 74.7 Å². The van der Waals surface area contributed by atoms with Crippen molar-refractivity contribution in [2.45, 2.75) is 63.0 Å². The molecule has 8 nitrogen and oxygen atoms in total. The van der Waals surface area contributed by atoms with Gasteiger partial charge in [-0.1, -0.05) is 43.9 Å². The molecular formula is C29H40ClN3O5S. The van der Waals surface area contributed by atoms with Crippen LogP contribution in [0.3, 0.4) is 0 Å². The first-order valence-corrected chi connectivity index (χ1v) is 15.6. The Morgan fingerprint density at radius 2 is 1.82 bits per heavy atom. The predicted octanol–water partition coefficient (Wildman–Crippen LogP) is 4.87. The van der Waals surface area contributed by atoms with E-state index in [1.54, 1.807) is 23.1 Å². The van der Waals surface area contributed by atoms with Crippen LogP contribution in [0.4, 0.5) is 5.69 Å². The van der Waals surface area contributed by atoms with Crippen molar-refractivity contribution in [2.75, 3.05) is 38.0 Å². The van der Waals surface area contributed by atoms with Gasteiger partial charge in [-0.15, -0.1) is 0 Å². The van der Waals surface area contributed by atoms with Crippen LogP contribution in [0, 0.1) is 11.8 Å². The summed E-state index contributed by atoms with van der Waals surface area (Å²) in [5.74, 6) is 0.498. The van der Waals surface area contributed by atoms with Gasteiger partial charge in [0.25, 0.3) is 15.9 Å². The van der Waals surface area contributed by atoms with Crippen LogP contribution in [0.25, 0.3) is 0 Å². The molecule has 4 rings (SSSR count). The lowest BCUT2D eigenvalue weighted by Crippen LogP contribution is -2.50. The van der Waals surface area contributed by atoms with Gasteiger partial charge in [-0.3, -0.25) is 9.52 Å². The highest BCUT2D eigenvalue weighted by atomic mass is 35.5. The number of fused-ring (bicyclic) bond motifs is 1. The Kier molecular flexibility index (Phi) is 9.80. The highest BCUT2D eigenvalue weighted by Gasteiger charge is 2.35. The van der Waals surface area contributed by atoms with E-state index >= 15 is 0 Å². The number of rotatable bonds is 9. The van der Waals surface area contributed by atoms with Gasteiger partial charge < -0.3 is 19.6 Å². The second-order valence-electron chi connectivity index (χ2n) is 11.1. The number of amides is 1. The average molecular weight is 578 g/mol. The molecule has 2 aliphatic rings. The number of halogens is 1. The molecule has 2 N–H and O–H groups in total. The van der Waals surface area contributed by atoms with Crippen LogP contribution < -0.4 is 9.46 Å². The summed E-state index contributed by atoms with van der Waals surface area (Å²) in [6.07, 6.45) is 6.02. The summed E-state index contributed by atoms with van der Waals surface area (Å²) in [5, 5.41) is 10.3. The Morgan fingerprint density at radius 3 is 2.49 bits per heavy atom. The van der Waals surface area contributed by atoms with Gasteiger partial charge in [0.2, 0.25) is 0 Å². The van der Waals surface area contributed by atoms with Crippen LogP contribution >= 0.6 is 11.6 Å². The number of aliphatic hydroxyl groups excluding tert-OH is 1. The quantitative estimate of drug-likeness (QED) is 0.441.